The largest absolute Gasteiger partial charge is 0.289 e. The second-order valence-corrected chi connectivity index (χ2v) is 5.46. The van der Waals surface area contributed by atoms with Gasteiger partial charge in [0.2, 0.25) is 0 Å². The molecule has 0 N–H and O–H groups in total. The molecule has 0 spiro atoms. The zero-order chi connectivity index (χ0) is 15.2. The van der Waals surface area contributed by atoms with Gasteiger partial charge in [0, 0.05) is 20.0 Å². The molecule has 0 unspecified atom stereocenters. The van der Waals surface area contributed by atoms with Gasteiger partial charge in [-0.2, -0.15) is 0 Å². The Morgan fingerprint density at radius 2 is 1.76 bits per heavy atom. The maximum Gasteiger partial charge on any atom is 0.195 e. The predicted molar refractivity (Wildman–Crippen MR) is 87.0 cm³/mol. The Hall–Kier alpha value is -2.07. The van der Waals surface area contributed by atoms with Gasteiger partial charge in [-0.25, -0.2) is 0 Å². The zero-order valence-electron chi connectivity index (χ0n) is 10.7. The number of allylic oxidation sites excluding steroid dienone is 1. The molecule has 0 aliphatic carbocycles. The van der Waals surface area contributed by atoms with Crippen LogP contribution in [0.25, 0.3) is 16.5 Å². The average Bonchev–Trinajstić information content (AvgIpc) is 2.49. The van der Waals surface area contributed by atoms with Gasteiger partial charge in [0.05, 0.1) is 5.70 Å². The summed E-state index contributed by atoms with van der Waals surface area (Å²) in [4.78, 5) is 15.0. The molecule has 4 nitrogen and oxygen atoms in total. The van der Waals surface area contributed by atoms with Crippen molar-refractivity contribution in [3.05, 3.63) is 85.3 Å². The molecule has 21 heavy (non-hydrogen) atoms. The lowest BCUT2D eigenvalue weighted by atomic mass is 10.1. The van der Waals surface area contributed by atoms with Crippen molar-refractivity contribution in [1.29, 1.82) is 0 Å². The van der Waals surface area contributed by atoms with Gasteiger partial charge in [0.25, 0.3) is 0 Å². The molecule has 0 saturated heterocycles. The Morgan fingerprint density at radius 1 is 1.14 bits per heavy atom. The first-order valence-corrected chi connectivity index (χ1v) is 7.10. The second-order valence-electron chi connectivity index (χ2n) is 4.11. The molecule has 2 aromatic rings. The van der Waals surface area contributed by atoms with E-state index in [2.05, 4.69) is 26.0 Å². The number of carbonyl (C=O) groups excluding carboxylic acids is 1. The number of hydrogen-bond acceptors (Lipinski definition) is 2. The van der Waals surface area contributed by atoms with Crippen LogP contribution in [0.5, 0.6) is 0 Å². The first-order chi connectivity index (χ1) is 10.1. The van der Waals surface area contributed by atoms with E-state index in [0.717, 1.165) is 10.0 Å². The van der Waals surface area contributed by atoms with Crippen molar-refractivity contribution in [2.45, 2.75) is 0 Å². The van der Waals surface area contributed by atoms with Crippen molar-refractivity contribution in [2.24, 2.45) is 5.11 Å². The van der Waals surface area contributed by atoms with E-state index in [9.17, 15) is 4.79 Å². The van der Waals surface area contributed by atoms with E-state index in [1.807, 2.05) is 24.3 Å². The fourth-order valence-electron chi connectivity index (χ4n) is 1.65. The monoisotopic (exact) mass is 361 g/mol. The second kappa shape index (κ2) is 7.09. The van der Waals surface area contributed by atoms with Crippen LogP contribution >= 0.6 is 27.5 Å². The van der Waals surface area contributed by atoms with Crippen LogP contribution in [0, 0.1) is 0 Å². The van der Waals surface area contributed by atoms with Crippen molar-refractivity contribution in [3.63, 3.8) is 0 Å². The fraction of sp³-hybridized carbons (Fsp3) is 0. The summed E-state index contributed by atoms with van der Waals surface area (Å²) in [6.45, 7) is 0. The molecule has 0 amide bonds. The summed E-state index contributed by atoms with van der Waals surface area (Å²) >= 11 is 9.12. The van der Waals surface area contributed by atoms with Gasteiger partial charge in [0.1, 0.15) is 0 Å². The van der Waals surface area contributed by atoms with Crippen LogP contribution in [0.3, 0.4) is 0 Å². The van der Waals surface area contributed by atoms with Crippen LogP contribution in [0.2, 0.25) is 5.02 Å². The van der Waals surface area contributed by atoms with Gasteiger partial charge in [-0.15, -0.1) is 0 Å². The van der Waals surface area contributed by atoms with Crippen molar-refractivity contribution in [2.75, 3.05) is 0 Å². The molecule has 0 aliphatic rings. The first kappa shape index (κ1) is 15.3. The molecule has 0 bridgehead atoms. The number of benzene rings is 2. The Kier molecular flexibility index (Phi) is 5.17. The summed E-state index contributed by atoms with van der Waals surface area (Å²) in [6.07, 6.45) is 1.54. The average molecular weight is 363 g/mol. The van der Waals surface area contributed by atoms with Crippen LogP contribution in [0.1, 0.15) is 15.9 Å². The molecule has 0 fully saturated rings. The van der Waals surface area contributed by atoms with E-state index in [1.165, 1.54) is 0 Å². The Labute approximate surface area is 134 Å². The third kappa shape index (κ3) is 4.20. The number of carbonyl (C=O) groups is 1. The smallest absolute Gasteiger partial charge is 0.195 e. The van der Waals surface area contributed by atoms with Crippen molar-refractivity contribution >= 4 is 39.4 Å². The van der Waals surface area contributed by atoms with E-state index < -0.39 is 0 Å². The summed E-state index contributed by atoms with van der Waals surface area (Å²) in [7, 11) is 0. The number of rotatable bonds is 4. The van der Waals surface area contributed by atoms with Gasteiger partial charge in [0.15, 0.2) is 5.78 Å². The minimum Gasteiger partial charge on any atom is -0.289 e. The SMILES string of the molecule is [N-]=[N+]=N/C(=C\c1ccc(Br)cc1)C(=O)c1ccc(Cl)cc1. The molecule has 0 saturated carbocycles. The number of ketones is 1. The molecule has 0 heterocycles. The molecule has 0 radical (unpaired) electrons. The van der Waals surface area contributed by atoms with Crippen LogP contribution in [-0.4, -0.2) is 5.78 Å². The van der Waals surface area contributed by atoms with E-state index >= 15 is 0 Å². The van der Waals surface area contributed by atoms with E-state index in [4.69, 9.17) is 17.1 Å². The number of halogens is 2. The van der Waals surface area contributed by atoms with E-state index in [0.29, 0.717) is 10.6 Å². The maximum absolute atomic E-state index is 12.3. The van der Waals surface area contributed by atoms with Gasteiger partial charge >= 0.3 is 0 Å². The molecule has 0 aromatic heterocycles. The van der Waals surface area contributed by atoms with Crippen LogP contribution in [0.15, 0.2) is 63.8 Å². The first-order valence-electron chi connectivity index (χ1n) is 5.93. The topological polar surface area (TPSA) is 65.8 Å². The lowest BCUT2D eigenvalue weighted by Gasteiger charge is -2.02. The highest BCUT2D eigenvalue weighted by molar-refractivity contribution is 9.10. The molecule has 6 heteroatoms. The Bertz CT molecular complexity index is 733. The molecular weight excluding hydrogens is 354 g/mol. The van der Waals surface area contributed by atoms with Gasteiger partial charge in [-0.3, -0.25) is 4.79 Å². The Balaban J connectivity index is 2.38. The van der Waals surface area contributed by atoms with Gasteiger partial charge in [-0.05, 0) is 53.6 Å². The zero-order valence-corrected chi connectivity index (χ0v) is 13.0. The highest BCUT2D eigenvalue weighted by Crippen LogP contribution is 2.18. The third-order valence-corrected chi connectivity index (χ3v) is 3.45. The van der Waals surface area contributed by atoms with E-state index in [-0.39, 0.29) is 11.5 Å². The molecule has 0 aliphatic heterocycles. The lowest BCUT2D eigenvalue weighted by molar-refractivity contribution is 0.103. The summed E-state index contributed by atoms with van der Waals surface area (Å²) in [5.74, 6) is -0.354. The van der Waals surface area contributed by atoms with Crippen molar-refractivity contribution in [1.82, 2.24) is 0 Å². The number of azide groups is 1. The molecule has 2 aromatic carbocycles. The standard InChI is InChI=1S/C15H9BrClN3O/c16-12-5-1-10(2-6-12)9-14(19-20-18)15(21)11-3-7-13(17)8-4-11/h1-9H/b14-9-. The van der Waals surface area contributed by atoms with E-state index in [1.54, 1.807) is 30.3 Å². The predicted octanol–water partition coefficient (Wildman–Crippen LogP) is 5.64. The summed E-state index contributed by atoms with van der Waals surface area (Å²) in [5, 5.41) is 4.02. The maximum atomic E-state index is 12.3. The highest BCUT2D eigenvalue weighted by atomic mass is 79.9. The van der Waals surface area contributed by atoms with Crippen LogP contribution < -0.4 is 0 Å². The van der Waals surface area contributed by atoms with Crippen molar-refractivity contribution < 1.29 is 4.79 Å². The quantitative estimate of drug-likeness (QED) is 0.228. The van der Waals surface area contributed by atoms with Gasteiger partial charge in [-0.1, -0.05) is 44.8 Å². The number of Topliss-reactive ketones (excluding diaryl/α,β-unsaturated/α-hetero) is 1. The highest BCUT2D eigenvalue weighted by Gasteiger charge is 2.11. The molecule has 2 rings (SSSR count). The minimum atomic E-state index is -0.354. The number of hydrogen-bond donors (Lipinski definition) is 0. The van der Waals surface area contributed by atoms with Crippen LogP contribution in [0.4, 0.5) is 0 Å². The molecule has 104 valence electrons. The normalized spacial score (nSPS) is 10.9. The Morgan fingerprint density at radius 3 is 2.33 bits per heavy atom. The summed E-state index contributed by atoms with van der Waals surface area (Å²) in [6, 6.07) is 13.7. The van der Waals surface area contributed by atoms with Gasteiger partial charge < -0.3 is 0 Å². The molecular formula is C15H9BrClN3O. The number of nitrogens with zero attached hydrogens (tertiary/aromatic N) is 3. The lowest BCUT2D eigenvalue weighted by Crippen LogP contribution is -2.00. The molecule has 0 atom stereocenters. The summed E-state index contributed by atoms with van der Waals surface area (Å²) < 4.78 is 0.925. The fourth-order valence-corrected chi connectivity index (χ4v) is 2.04. The minimum absolute atomic E-state index is 0.0298. The summed E-state index contributed by atoms with van der Waals surface area (Å²) in [5.41, 5.74) is 9.84. The third-order valence-electron chi connectivity index (χ3n) is 2.66. The van der Waals surface area contributed by atoms with Crippen molar-refractivity contribution in [3.8, 4) is 0 Å². The van der Waals surface area contributed by atoms with Crippen LogP contribution in [-0.2, 0) is 0 Å².